The number of nitrogens with one attached hydrogen (secondary N) is 1. The molecule has 1 aromatic rings. The van der Waals surface area contributed by atoms with Gasteiger partial charge in [-0.05, 0) is 50.1 Å². The number of benzene rings is 1. The molecule has 1 aromatic carbocycles. The maximum absolute atomic E-state index is 12.5. The molecule has 2 aliphatic rings. The summed E-state index contributed by atoms with van der Waals surface area (Å²) in [7, 11) is 3.70. The molecule has 2 amide bonds. The van der Waals surface area contributed by atoms with E-state index in [2.05, 4.69) is 35.7 Å². The van der Waals surface area contributed by atoms with Gasteiger partial charge in [0.25, 0.3) is 0 Å². The third kappa shape index (κ3) is 4.70. The van der Waals surface area contributed by atoms with Crippen molar-refractivity contribution in [2.24, 2.45) is 0 Å². The molecule has 0 bridgehead atoms. The maximum atomic E-state index is 12.5. The molecular formula is C23H33N3O3. The van der Waals surface area contributed by atoms with Gasteiger partial charge < -0.3 is 20.2 Å². The lowest BCUT2D eigenvalue weighted by Crippen LogP contribution is -2.68. The van der Waals surface area contributed by atoms with E-state index < -0.39 is 0 Å². The molecule has 0 aromatic heterocycles. The van der Waals surface area contributed by atoms with Crippen LogP contribution in [0, 0.1) is 0 Å². The molecule has 1 heterocycles. The van der Waals surface area contributed by atoms with E-state index in [0.29, 0.717) is 19.5 Å². The molecule has 0 spiro atoms. The summed E-state index contributed by atoms with van der Waals surface area (Å²) < 4.78 is 0. The summed E-state index contributed by atoms with van der Waals surface area (Å²) in [4.78, 5) is 28.2. The molecule has 2 N–H and O–H groups in total. The van der Waals surface area contributed by atoms with Gasteiger partial charge in [-0.3, -0.25) is 9.59 Å². The Balaban J connectivity index is 1.77. The lowest BCUT2D eigenvalue weighted by molar-refractivity contribution is -0.150. The Morgan fingerprint density at radius 2 is 1.93 bits per heavy atom. The highest BCUT2D eigenvalue weighted by molar-refractivity contribution is 5.80. The quantitative estimate of drug-likeness (QED) is 0.701. The van der Waals surface area contributed by atoms with Crippen LogP contribution in [-0.4, -0.2) is 72.6 Å². The molecule has 0 radical (unpaired) electrons. The van der Waals surface area contributed by atoms with E-state index in [9.17, 15) is 14.7 Å². The minimum atomic E-state index is -0.241. The molecule has 0 unspecified atom stereocenters. The van der Waals surface area contributed by atoms with Crippen molar-refractivity contribution in [1.29, 1.82) is 0 Å². The number of hydrogen-bond donors (Lipinski definition) is 2. The van der Waals surface area contributed by atoms with Gasteiger partial charge in [0.05, 0.1) is 25.2 Å². The van der Waals surface area contributed by atoms with Crippen molar-refractivity contribution >= 4 is 17.4 Å². The van der Waals surface area contributed by atoms with Gasteiger partial charge in [0.15, 0.2) is 0 Å². The number of carbonyl (C=O) groups excluding carboxylic acids is 2. The van der Waals surface area contributed by atoms with Crippen LogP contribution in [0.25, 0.3) is 5.57 Å². The van der Waals surface area contributed by atoms with Gasteiger partial charge in [0.2, 0.25) is 11.8 Å². The first kappa shape index (κ1) is 21.5. The molecule has 1 aliphatic heterocycles. The zero-order valence-corrected chi connectivity index (χ0v) is 17.7. The Bertz CT molecular complexity index is 757. The fourth-order valence-electron chi connectivity index (χ4n) is 4.58. The first-order valence-electron chi connectivity index (χ1n) is 10.6. The summed E-state index contributed by atoms with van der Waals surface area (Å²) in [5.41, 5.74) is 3.76. The fraction of sp³-hybridized carbons (Fsp3) is 0.565. The van der Waals surface area contributed by atoms with Gasteiger partial charge in [0.1, 0.15) is 0 Å². The van der Waals surface area contributed by atoms with Crippen molar-refractivity contribution in [1.82, 2.24) is 15.1 Å². The van der Waals surface area contributed by atoms with Crippen LogP contribution < -0.4 is 5.32 Å². The van der Waals surface area contributed by atoms with Crippen molar-refractivity contribution < 1.29 is 14.7 Å². The smallest absolute Gasteiger partial charge is 0.234 e. The van der Waals surface area contributed by atoms with Crippen molar-refractivity contribution in [3.05, 3.63) is 41.5 Å². The monoisotopic (exact) mass is 399 g/mol. The SMILES string of the molecule is CCC(=O)N1[C@H](CNC(=O)CN(C)C)[C@@H](c2ccc(C3=CCCC3)cc2)[C@@H]1CO. The van der Waals surface area contributed by atoms with Crippen LogP contribution in [-0.2, 0) is 9.59 Å². The number of rotatable bonds is 8. The van der Waals surface area contributed by atoms with E-state index in [0.717, 1.165) is 18.4 Å². The highest BCUT2D eigenvalue weighted by atomic mass is 16.3. The molecule has 0 saturated carbocycles. The van der Waals surface area contributed by atoms with Crippen molar-refractivity contribution in [2.45, 2.75) is 50.6 Å². The fourth-order valence-corrected chi connectivity index (χ4v) is 4.58. The lowest BCUT2D eigenvalue weighted by atomic mass is 9.74. The van der Waals surface area contributed by atoms with Gasteiger partial charge in [-0.2, -0.15) is 0 Å². The van der Waals surface area contributed by atoms with E-state index in [1.165, 1.54) is 17.6 Å². The highest BCUT2D eigenvalue weighted by Gasteiger charge is 2.50. The number of amides is 2. The number of allylic oxidation sites excluding steroid dienone is 2. The molecule has 29 heavy (non-hydrogen) atoms. The van der Waals surface area contributed by atoms with Crippen LogP contribution in [0.2, 0.25) is 0 Å². The van der Waals surface area contributed by atoms with Gasteiger partial charge in [-0.1, -0.05) is 37.3 Å². The number of aliphatic hydroxyl groups is 1. The largest absolute Gasteiger partial charge is 0.394 e. The van der Waals surface area contributed by atoms with Crippen molar-refractivity contribution in [2.75, 3.05) is 33.8 Å². The number of likely N-dealkylation sites (tertiary alicyclic amines) is 1. The van der Waals surface area contributed by atoms with E-state index in [-0.39, 0.29) is 36.4 Å². The number of carbonyl (C=O) groups is 2. The summed E-state index contributed by atoms with van der Waals surface area (Å²) in [6.07, 6.45) is 6.18. The van der Waals surface area contributed by atoms with E-state index in [1.54, 1.807) is 4.90 Å². The van der Waals surface area contributed by atoms with Crippen LogP contribution in [0.5, 0.6) is 0 Å². The van der Waals surface area contributed by atoms with Crippen LogP contribution in [0.4, 0.5) is 0 Å². The number of likely N-dealkylation sites (N-methyl/N-ethyl adjacent to an activating group) is 1. The average Bonchev–Trinajstić information content (AvgIpc) is 3.22. The predicted octanol–water partition coefficient (Wildman–Crippen LogP) is 2.00. The van der Waals surface area contributed by atoms with Crippen molar-refractivity contribution in [3.8, 4) is 0 Å². The normalized spacial score (nSPS) is 23.7. The van der Waals surface area contributed by atoms with Crippen molar-refractivity contribution in [3.63, 3.8) is 0 Å². The second-order valence-corrected chi connectivity index (χ2v) is 8.28. The Hall–Kier alpha value is -2.18. The summed E-state index contributed by atoms with van der Waals surface area (Å²) >= 11 is 0. The number of nitrogens with zero attached hydrogens (tertiary/aromatic N) is 2. The molecule has 6 heteroatoms. The molecular weight excluding hydrogens is 366 g/mol. The Morgan fingerprint density at radius 3 is 2.48 bits per heavy atom. The second kappa shape index (κ2) is 9.55. The van der Waals surface area contributed by atoms with Crippen LogP contribution in [0.3, 0.4) is 0 Å². The number of hydrogen-bond acceptors (Lipinski definition) is 4. The van der Waals surface area contributed by atoms with Gasteiger partial charge in [-0.15, -0.1) is 0 Å². The molecule has 3 atom stereocenters. The number of aliphatic hydroxyl groups excluding tert-OH is 1. The zero-order chi connectivity index (χ0) is 21.0. The van der Waals surface area contributed by atoms with Crippen LogP contribution in [0.1, 0.15) is 49.7 Å². The van der Waals surface area contributed by atoms with Crippen LogP contribution >= 0.6 is 0 Å². The Morgan fingerprint density at radius 1 is 1.21 bits per heavy atom. The van der Waals surface area contributed by atoms with E-state index in [4.69, 9.17) is 0 Å². The van der Waals surface area contributed by atoms with Gasteiger partial charge >= 0.3 is 0 Å². The third-order valence-corrected chi connectivity index (χ3v) is 6.00. The lowest BCUT2D eigenvalue weighted by Gasteiger charge is -2.55. The summed E-state index contributed by atoms with van der Waals surface area (Å²) in [5.74, 6) is -0.0322. The molecule has 6 nitrogen and oxygen atoms in total. The maximum Gasteiger partial charge on any atom is 0.234 e. The highest BCUT2D eigenvalue weighted by Crippen LogP contribution is 2.41. The molecule has 1 aliphatic carbocycles. The minimum absolute atomic E-state index is 0.0138. The Kier molecular flexibility index (Phi) is 7.09. The summed E-state index contributed by atoms with van der Waals surface area (Å²) in [5, 5.41) is 12.9. The summed E-state index contributed by atoms with van der Waals surface area (Å²) in [6, 6.07) is 8.14. The molecule has 158 valence electrons. The summed E-state index contributed by atoms with van der Waals surface area (Å²) in [6.45, 7) is 2.46. The minimum Gasteiger partial charge on any atom is -0.394 e. The molecule has 1 fully saturated rings. The first-order valence-corrected chi connectivity index (χ1v) is 10.6. The van der Waals surface area contributed by atoms with E-state index >= 15 is 0 Å². The van der Waals surface area contributed by atoms with Gasteiger partial charge in [0, 0.05) is 18.9 Å². The van der Waals surface area contributed by atoms with E-state index in [1.807, 2.05) is 25.9 Å². The topological polar surface area (TPSA) is 72.9 Å². The third-order valence-electron chi connectivity index (χ3n) is 6.00. The average molecular weight is 400 g/mol. The molecule has 1 saturated heterocycles. The van der Waals surface area contributed by atoms with Gasteiger partial charge in [-0.25, -0.2) is 0 Å². The second-order valence-electron chi connectivity index (χ2n) is 8.28. The standard InChI is InChI=1S/C23H33N3O3/c1-4-22(29)26-19(13-24-21(28)14-25(2)3)23(20(26)15-27)18-11-9-17(10-12-18)16-7-5-6-8-16/h7,9-12,19-20,23,27H,4-6,8,13-15H2,1-3H3,(H,24,28)/t19-,20+,23-/m1/s1. The first-order chi connectivity index (χ1) is 14.0. The zero-order valence-electron chi connectivity index (χ0n) is 17.7. The Labute approximate surface area is 173 Å². The predicted molar refractivity (Wildman–Crippen MR) is 114 cm³/mol. The molecule has 3 rings (SSSR count). The van der Waals surface area contributed by atoms with Crippen LogP contribution in [0.15, 0.2) is 30.3 Å².